The lowest BCUT2D eigenvalue weighted by molar-refractivity contribution is -0.119. The van der Waals surface area contributed by atoms with E-state index < -0.39 is 0 Å². The van der Waals surface area contributed by atoms with Gasteiger partial charge in [0.1, 0.15) is 15.7 Å². The molecule has 0 aliphatic rings. The number of hydrogen-bond acceptors (Lipinski definition) is 5. The Morgan fingerprint density at radius 1 is 1.15 bits per heavy atom. The van der Waals surface area contributed by atoms with E-state index in [1.807, 2.05) is 6.92 Å². The summed E-state index contributed by atoms with van der Waals surface area (Å²) in [6, 6.07) is 8.38. The number of carbonyl (C=O) groups excluding carboxylic acids is 1. The molecule has 0 saturated carbocycles. The van der Waals surface area contributed by atoms with Gasteiger partial charge in [-0.05, 0) is 45.2 Å². The second kappa shape index (κ2) is 8.40. The third-order valence-corrected chi connectivity index (χ3v) is 6.75. The average Bonchev–Trinajstić information content (AvgIpc) is 2.92. The van der Waals surface area contributed by atoms with Gasteiger partial charge in [0.2, 0.25) is 5.91 Å². The van der Waals surface area contributed by atoms with Crippen LogP contribution in [0.2, 0.25) is 0 Å². The molecule has 1 amide bonds. The Labute approximate surface area is 168 Å². The smallest absolute Gasteiger partial charge is 0.230 e. The van der Waals surface area contributed by atoms with E-state index in [2.05, 4.69) is 67.2 Å². The van der Waals surface area contributed by atoms with E-state index in [-0.39, 0.29) is 11.9 Å². The maximum atomic E-state index is 12.6. The molecule has 0 aliphatic carbocycles. The monoisotopic (exact) mass is 399 g/mol. The Hall–Kier alpha value is -1.92. The van der Waals surface area contributed by atoms with Crippen LogP contribution in [0.5, 0.6) is 0 Å². The SMILES string of the molecule is CC[C@@H](NC(=O)CSc1nc(C)nc2sc(C)c(C)c12)c1ccc(C)cc1. The van der Waals surface area contributed by atoms with E-state index in [4.69, 9.17) is 0 Å². The first-order valence-corrected chi connectivity index (χ1v) is 10.9. The quantitative estimate of drug-likeness (QED) is 0.452. The molecule has 6 heteroatoms. The number of fused-ring (bicyclic) bond motifs is 1. The second-order valence-electron chi connectivity index (χ2n) is 6.77. The Morgan fingerprint density at radius 2 is 1.85 bits per heavy atom. The molecule has 2 heterocycles. The molecule has 0 bridgehead atoms. The molecule has 3 rings (SSSR count). The number of thioether (sulfide) groups is 1. The summed E-state index contributed by atoms with van der Waals surface area (Å²) in [5, 5.41) is 5.14. The molecule has 1 atom stereocenters. The van der Waals surface area contributed by atoms with Crippen LogP contribution in [-0.4, -0.2) is 21.6 Å². The Morgan fingerprint density at radius 3 is 2.52 bits per heavy atom. The molecule has 4 nitrogen and oxygen atoms in total. The zero-order valence-corrected chi connectivity index (χ0v) is 18.1. The standard InChI is InChI=1S/C21H25N3OS2/c1-6-17(16-9-7-12(2)8-10-16)24-18(25)11-26-20-19-13(3)14(4)27-21(19)23-15(5)22-20/h7-10,17H,6,11H2,1-5H3,(H,24,25)/t17-/m1/s1. The van der Waals surface area contributed by atoms with Crippen LogP contribution >= 0.6 is 23.1 Å². The Kier molecular flexibility index (Phi) is 6.17. The number of nitrogens with zero attached hydrogens (tertiary/aromatic N) is 2. The molecule has 0 spiro atoms. The van der Waals surface area contributed by atoms with Gasteiger partial charge in [-0.25, -0.2) is 9.97 Å². The van der Waals surface area contributed by atoms with Crippen LogP contribution in [0.3, 0.4) is 0 Å². The minimum Gasteiger partial charge on any atom is -0.349 e. The number of aryl methyl sites for hydroxylation is 4. The van der Waals surface area contributed by atoms with Gasteiger partial charge in [-0.1, -0.05) is 48.5 Å². The van der Waals surface area contributed by atoms with Crippen LogP contribution in [0, 0.1) is 27.7 Å². The third kappa shape index (κ3) is 4.50. The van der Waals surface area contributed by atoms with Crippen molar-refractivity contribution < 1.29 is 4.79 Å². The summed E-state index contributed by atoms with van der Waals surface area (Å²) in [7, 11) is 0. The number of aromatic nitrogens is 2. The Bertz CT molecular complexity index is 964. The second-order valence-corrected chi connectivity index (χ2v) is 8.93. The van der Waals surface area contributed by atoms with Crippen molar-refractivity contribution in [1.82, 2.24) is 15.3 Å². The summed E-state index contributed by atoms with van der Waals surface area (Å²) in [4.78, 5) is 24.0. The van der Waals surface area contributed by atoms with Crippen molar-refractivity contribution in [2.75, 3.05) is 5.75 Å². The lowest BCUT2D eigenvalue weighted by Crippen LogP contribution is -2.29. The predicted molar refractivity (Wildman–Crippen MR) is 115 cm³/mol. The number of thiophene rings is 1. The van der Waals surface area contributed by atoms with Crippen molar-refractivity contribution in [2.24, 2.45) is 0 Å². The fraction of sp³-hybridized carbons (Fsp3) is 0.381. The third-order valence-electron chi connectivity index (χ3n) is 4.67. The predicted octanol–water partition coefficient (Wildman–Crippen LogP) is 5.28. The number of hydrogen-bond donors (Lipinski definition) is 1. The summed E-state index contributed by atoms with van der Waals surface area (Å²) in [5.74, 6) is 1.13. The topological polar surface area (TPSA) is 54.9 Å². The van der Waals surface area contributed by atoms with E-state index in [9.17, 15) is 4.79 Å². The fourth-order valence-electron chi connectivity index (χ4n) is 3.01. The molecule has 3 aromatic rings. The van der Waals surface area contributed by atoms with Crippen LogP contribution in [0.15, 0.2) is 29.3 Å². The first-order chi connectivity index (χ1) is 12.9. The summed E-state index contributed by atoms with van der Waals surface area (Å²) in [5.41, 5.74) is 3.58. The molecule has 0 aliphatic heterocycles. The molecule has 1 N–H and O–H groups in total. The molecule has 0 fully saturated rings. The van der Waals surface area contributed by atoms with E-state index in [0.717, 1.165) is 33.1 Å². The zero-order valence-electron chi connectivity index (χ0n) is 16.4. The molecule has 0 radical (unpaired) electrons. The van der Waals surface area contributed by atoms with Gasteiger partial charge < -0.3 is 5.32 Å². The van der Waals surface area contributed by atoms with Crippen LogP contribution in [0.25, 0.3) is 10.2 Å². The van der Waals surface area contributed by atoms with E-state index in [1.54, 1.807) is 11.3 Å². The highest BCUT2D eigenvalue weighted by Crippen LogP contribution is 2.35. The summed E-state index contributed by atoms with van der Waals surface area (Å²) in [6.45, 7) is 10.3. The lowest BCUT2D eigenvalue weighted by Gasteiger charge is -2.17. The van der Waals surface area contributed by atoms with E-state index in [0.29, 0.717) is 5.75 Å². The molecule has 0 saturated heterocycles. The minimum atomic E-state index is 0.0291. The highest BCUT2D eigenvalue weighted by atomic mass is 32.2. The zero-order chi connectivity index (χ0) is 19.6. The summed E-state index contributed by atoms with van der Waals surface area (Å²) >= 11 is 3.18. The highest BCUT2D eigenvalue weighted by Gasteiger charge is 2.17. The van der Waals surface area contributed by atoms with E-state index in [1.165, 1.54) is 27.8 Å². The molecule has 1 aromatic carbocycles. The first kappa shape index (κ1) is 19.8. The fourth-order valence-corrected chi connectivity index (χ4v) is 5.09. The van der Waals surface area contributed by atoms with Gasteiger partial charge in [0.15, 0.2) is 0 Å². The maximum absolute atomic E-state index is 12.6. The van der Waals surface area contributed by atoms with Gasteiger partial charge in [0.25, 0.3) is 0 Å². The number of carbonyl (C=O) groups is 1. The van der Waals surface area contributed by atoms with Gasteiger partial charge >= 0.3 is 0 Å². The van der Waals surface area contributed by atoms with Gasteiger partial charge in [-0.3, -0.25) is 4.79 Å². The van der Waals surface area contributed by atoms with Gasteiger partial charge in [-0.2, -0.15) is 0 Å². The van der Waals surface area contributed by atoms with Crippen LogP contribution < -0.4 is 5.32 Å². The largest absolute Gasteiger partial charge is 0.349 e. The van der Waals surface area contributed by atoms with Gasteiger partial charge in [0, 0.05) is 10.3 Å². The number of rotatable bonds is 6. The van der Waals surface area contributed by atoms with Crippen LogP contribution in [0.4, 0.5) is 0 Å². The van der Waals surface area contributed by atoms with Crippen LogP contribution in [-0.2, 0) is 4.79 Å². The normalized spacial score (nSPS) is 12.3. The van der Waals surface area contributed by atoms with E-state index >= 15 is 0 Å². The summed E-state index contributed by atoms with van der Waals surface area (Å²) in [6.07, 6.45) is 0.860. The molecule has 2 aromatic heterocycles. The van der Waals surface area contributed by atoms with Gasteiger partial charge in [-0.15, -0.1) is 11.3 Å². The van der Waals surface area contributed by atoms with Crippen LogP contribution in [0.1, 0.15) is 46.8 Å². The molecule has 27 heavy (non-hydrogen) atoms. The van der Waals surface area contributed by atoms with Crippen molar-refractivity contribution in [3.05, 3.63) is 51.7 Å². The average molecular weight is 400 g/mol. The molecular formula is C21H25N3OS2. The number of benzene rings is 1. The number of nitrogens with one attached hydrogen (secondary N) is 1. The highest BCUT2D eigenvalue weighted by molar-refractivity contribution is 8.00. The van der Waals surface area contributed by atoms with Crippen molar-refractivity contribution in [1.29, 1.82) is 0 Å². The molecule has 142 valence electrons. The van der Waals surface area contributed by atoms with Crippen molar-refractivity contribution in [3.63, 3.8) is 0 Å². The van der Waals surface area contributed by atoms with Gasteiger partial charge in [0.05, 0.1) is 11.8 Å². The van der Waals surface area contributed by atoms with Crippen molar-refractivity contribution >= 4 is 39.2 Å². The Balaban J connectivity index is 1.72. The maximum Gasteiger partial charge on any atom is 0.230 e. The lowest BCUT2D eigenvalue weighted by atomic mass is 10.0. The van der Waals surface area contributed by atoms with Crippen molar-refractivity contribution in [2.45, 2.75) is 52.1 Å². The first-order valence-electron chi connectivity index (χ1n) is 9.12. The molecule has 0 unspecified atom stereocenters. The van der Waals surface area contributed by atoms with Crippen molar-refractivity contribution in [3.8, 4) is 0 Å². The summed E-state index contributed by atoms with van der Waals surface area (Å²) < 4.78 is 0. The molecular weight excluding hydrogens is 374 g/mol. The number of amides is 1. The minimum absolute atomic E-state index is 0.0291.